The van der Waals surface area contributed by atoms with Gasteiger partial charge in [0.15, 0.2) is 0 Å². The van der Waals surface area contributed by atoms with Crippen molar-refractivity contribution in [2.45, 2.75) is 45.6 Å². The molecule has 1 unspecified atom stereocenters. The van der Waals surface area contributed by atoms with Gasteiger partial charge >= 0.3 is 0 Å². The van der Waals surface area contributed by atoms with E-state index in [0.717, 1.165) is 18.7 Å². The van der Waals surface area contributed by atoms with E-state index in [-0.39, 0.29) is 0 Å². The molecule has 0 aliphatic carbocycles. The number of nitrogens with zero attached hydrogens (tertiary/aromatic N) is 1. The van der Waals surface area contributed by atoms with E-state index in [1.807, 2.05) is 0 Å². The molecule has 0 bridgehead atoms. The zero-order valence-electron chi connectivity index (χ0n) is 8.83. The fourth-order valence-corrected chi connectivity index (χ4v) is 2.27. The van der Waals surface area contributed by atoms with Crippen molar-refractivity contribution in [2.24, 2.45) is 5.92 Å². The molecule has 0 spiro atoms. The number of carbonyl (C=O) groups is 1. The van der Waals surface area contributed by atoms with Gasteiger partial charge in [0.1, 0.15) is 6.29 Å². The lowest BCUT2D eigenvalue weighted by molar-refractivity contribution is -0.108. The molecule has 0 N–H and O–H groups in total. The summed E-state index contributed by atoms with van der Waals surface area (Å²) >= 11 is 0. The van der Waals surface area contributed by atoms with Gasteiger partial charge in [-0.25, -0.2) is 0 Å². The zero-order chi connectivity index (χ0) is 9.68. The molecule has 1 atom stereocenters. The molecule has 0 aromatic carbocycles. The van der Waals surface area contributed by atoms with Crippen LogP contribution in [0.15, 0.2) is 0 Å². The predicted molar refractivity (Wildman–Crippen MR) is 54.7 cm³/mol. The van der Waals surface area contributed by atoms with E-state index in [1.54, 1.807) is 0 Å². The van der Waals surface area contributed by atoms with E-state index < -0.39 is 0 Å². The summed E-state index contributed by atoms with van der Waals surface area (Å²) in [6.07, 6.45) is 5.72. The standard InChI is InChI=1S/C11H21NO/c1-10(2)11-6-3-4-7-12(11)8-5-9-13/h9-11H,3-8H2,1-2H3. The highest BCUT2D eigenvalue weighted by Crippen LogP contribution is 2.22. The summed E-state index contributed by atoms with van der Waals surface area (Å²) in [5.41, 5.74) is 0. The second-order valence-electron chi connectivity index (χ2n) is 4.30. The first-order valence-electron chi connectivity index (χ1n) is 5.43. The monoisotopic (exact) mass is 183 g/mol. The smallest absolute Gasteiger partial charge is 0.121 e. The summed E-state index contributed by atoms with van der Waals surface area (Å²) in [5, 5.41) is 0. The van der Waals surface area contributed by atoms with Crippen molar-refractivity contribution in [3.05, 3.63) is 0 Å². The number of piperidine rings is 1. The molecule has 2 nitrogen and oxygen atoms in total. The second-order valence-corrected chi connectivity index (χ2v) is 4.30. The zero-order valence-corrected chi connectivity index (χ0v) is 8.83. The molecule has 0 aromatic heterocycles. The van der Waals surface area contributed by atoms with Gasteiger partial charge < -0.3 is 4.79 Å². The molecule has 2 heteroatoms. The number of rotatable bonds is 4. The molecule has 1 saturated heterocycles. The molecule has 0 radical (unpaired) electrons. The third-order valence-electron chi connectivity index (χ3n) is 2.97. The molecular weight excluding hydrogens is 162 g/mol. The van der Waals surface area contributed by atoms with Crippen molar-refractivity contribution in [3.8, 4) is 0 Å². The summed E-state index contributed by atoms with van der Waals surface area (Å²) in [6.45, 7) is 6.72. The van der Waals surface area contributed by atoms with Crippen LogP contribution in [-0.4, -0.2) is 30.3 Å². The topological polar surface area (TPSA) is 20.3 Å². The van der Waals surface area contributed by atoms with Crippen LogP contribution >= 0.6 is 0 Å². The summed E-state index contributed by atoms with van der Waals surface area (Å²) in [7, 11) is 0. The third-order valence-corrected chi connectivity index (χ3v) is 2.97. The van der Waals surface area contributed by atoms with Crippen LogP contribution in [0.25, 0.3) is 0 Å². The Morgan fingerprint density at radius 3 is 2.85 bits per heavy atom. The maximum atomic E-state index is 10.3. The molecular formula is C11H21NO. The van der Waals surface area contributed by atoms with Crippen LogP contribution < -0.4 is 0 Å². The van der Waals surface area contributed by atoms with Gasteiger partial charge in [0.2, 0.25) is 0 Å². The van der Waals surface area contributed by atoms with Crippen LogP contribution in [-0.2, 0) is 4.79 Å². The Morgan fingerprint density at radius 1 is 1.46 bits per heavy atom. The van der Waals surface area contributed by atoms with Crippen molar-refractivity contribution < 1.29 is 4.79 Å². The van der Waals surface area contributed by atoms with Gasteiger partial charge in [-0.1, -0.05) is 20.3 Å². The van der Waals surface area contributed by atoms with Crippen LogP contribution in [0.1, 0.15) is 39.5 Å². The summed E-state index contributed by atoms with van der Waals surface area (Å²) in [6, 6.07) is 0.716. The second kappa shape index (κ2) is 5.38. The van der Waals surface area contributed by atoms with Crippen molar-refractivity contribution in [3.63, 3.8) is 0 Å². The van der Waals surface area contributed by atoms with Gasteiger partial charge in [0.05, 0.1) is 0 Å². The molecule has 1 rings (SSSR count). The van der Waals surface area contributed by atoms with Crippen LogP contribution in [0.5, 0.6) is 0 Å². The van der Waals surface area contributed by atoms with Crippen LogP contribution in [0.2, 0.25) is 0 Å². The highest BCUT2D eigenvalue weighted by molar-refractivity contribution is 5.49. The summed E-state index contributed by atoms with van der Waals surface area (Å²) < 4.78 is 0. The molecule has 0 amide bonds. The Bertz CT molecular complexity index is 156. The lowest BCUT2D eigenvalue weighted by Crippen LogP contribution is -2.43. The fourth-order valence-electron chi connectivity index (χ4n) is 2.27. The van der Waals surface area contributed by atoms with Crippen LogP contribution in [0, 0.1) is 5.92 Å². The summed E-state index contributed by atoms with van der Waals surface area (Å²) in [4.78, 5) is 12.8. The number of hydrogen-bond acceptors (Lipinski definition) is 2. The number of aldehydes is 1. The van der Waals surface area contributed by atoms with Gasteiger partial charge in [0.25, 0.3) is 0 Å². The van der Waals surface area contributed by atoms with E-state index in [1.165, 1.54) is 25.8 Å². The number of carbonyl (C=O) groups excluding carboxylic acids is 1. The Kier molecular flexibility index (Phi) is 4.43. The third kappa shape index (κ3) is 3.11. The minimum Gasteiger partial charge on any atom is -0.303 e. The molecule has 1 heterocycles. The lowest BCUT2D eigenvalue weighted by atomic mass is 9.93. The van der Waals surface area contributed by atoms with E-state index in [4.69, 9.17) is 0 Å². The highest BCUT2D eigenvalue weighted by Gasteiger charge is 2.23. The maximum absolute atomic E-state index is 10.3. The largest absolute Gasteiger partial charge is 0.303 e. The average Bonchev–Trinajstić information content (AvgIpc) is 2.15. The van der Waals surface area contributed by atoms with Crippen molar-refractivity contribution in [1.82, 2.24) is 4.90 Å². The SMILES string of the molecule is CC(C)C1CCCCN1CCC=O. The van der Waals surface area contributed by atoms with Crippen LogP contribution in [0.4, 0.5) is 0 Å². The van der Waals surface area contributed by atoms with Gasteiger partial charge in [0, 0.05) is 19.0 Å². The van der Waals surface area contributed by atoms with Gasteiger partial charge in [-0.15, -0.1) is 0 Å². The normalized spacial score (nSPS) is 25.0. The molecule has 1 aliphatic rings. The highest BCUT2D eigenvalue weighted by atomic mass is 16.1. The van der Waals surface area contributed by atoms with E-state index in [2.05, 4.69) is 18.7 Å². The van der Waals surface area contributed by atoms with Crippen molar-refractivity contribution in [2.75, 3.05) is 13.1 Å². The first-order valence-corrected chi connectivity index (χ1v) is 5.43. The van der Waals surface area contributed by atoms with Crippen molar-refractivity contribution in [1.29, 1.82) is 0 Å². The Balaban J connectivity index is 2.41. The Labute approximate surface area is 81.3 Å². The number of likely N-dealkylation sites (tertiary alicyclic amines) is 1. The summed E-state index contributed by atoms with van der Waals surface area (Å²) in [5.74, 6) is 0.729. The molecule has 13 heavy (non-hydrogen) atoms. The fraction of sp³-hybridized carbons (Fsp3) is 0.909. The number of hydrogen-bond donors (Lipinski definition) is 0. The molecule has 0 saturated carbocycles. The van der Waals surface area contributed by atoms with Gasteiger partial charge in [-0.2, -0.15) is 0 Å². The minimum atomic E-state index is 0.698. The van der Waals surface area contributed by atoms with E-state index >= 15 is 0 Å². The van der Waals surface area contributed by atoms with E-state index in [0.29, 0.717) is 12.5 Å². The first kappa shape index (κ1) is 10.7. The first-order chi connectivity index (χ1) is 6.25. The molecule has 1 fully saturated rings. The van der Waals surface area contributed by atoms with Gasteiger partial charge in [-0.3, -0.25) is 4.90 Å². The molecule has 1 aliphatic heterocycles. The van der Waals surface area contributed by atoms with E-state index in [9.17, 15) is 4.79 Å². The molecule has 0 aromatic rings. The van der Waals surface area contributed by atoms with Crippen molar-refractivity contribution >= 4 is 6.29 Å². The maximum Gasteiger partial charge on any atom is 0.121 e. The average molecular weight is 183 g/mol. The predicted octanol–water partition coefficient (Wildman–Crippen LogP) is 2.09. The van der Waals surface area contributed by atoms with Gasteiger partial charge in [-0.05, 0) is 25.3 Å². The van der Waals surface area contributed by atoms with Crippen LogP contribution in [0.3, 0.4) is 0 Å². The Morgan fingerprint density at radius 2 is 2.23 bits per heavy atom. The quantitative estimate of drug-likeness (QED) is 0.622. The minimum absolute atomic E-state index is 0.698. The Hall–Kier alpha value is -0.370. The lowest BCUT2D eigenvalue weighted by Gasteiger charge is -2.37. The molecule has 76 valence electrons.